The van der Waals surface area contributed by atoms with Gasteiger partial charge in [-0.15, -0.1) is 5.10 Å². The fraction of sp³-hybridized carbons (Fsp3) is 0.455. The average Bonchev–Trinajstić information content (AvgIpc) is 3.48. The number of carboxylic acids is 1. The van der Waals surface area contributed by atoms with Gasteiger partial charge in [0.15, 0.2) is 0 Å². The van der Waals surface area contributed by atoms with E-state index in [0.717, 1.165) is 77.8 Å². The first-order chi connectivity index (χ1) is 19.7. The number of carboxylic acid groups (broad SMARTS) is 1. The largest absolute Gasteiger partial charge is 0.489 e. The number of nitrogens with zero attached hydrogens (tertiary/aromatic N) is 5. The van der Waals surface area contributed by atoms with Crippen molar-refractivity contribution in [3.63, 3.8) is 0 Å². The summed E-state index contributed by atoms with van der Waals surface area (Å²) < 4.78 is 8.21. The summed E-state index contributed by atoms with van der Waals surface area (Å²) in [6, 6.07) is 12.9. The molecule has 3 atom stereocenters. The van der Waals surface area contributed by atoms with Gasteiger partial charge >= 0.3 is 5.97 Å². The number of fused-ring (bicyclic) bond motifs is 3. The second kappa shape index (κ2) is 10.6. The van der Waals surface area contributed by atoms with E-state index in [0.29, 0.717) is 0 Å². The van der Waals surface area contributed by atoms with E-state index < -0.39 is 11.4 Å². The number of ether oxygens (including phenoxy) is 1. The smallest absolute Gasteiger partial charge is 0.310 e. The zero-order valence-corrected chi connectivity index (χ0v) is 24.6. The Morgan fingerprint density at radius 3 is 2.80 bits per heavy atom. The number of hydrogen-bond donors (Lipinski definition) is 1. The topological polar surface area (TPSA) is 93.4 Å². The number of hydrogen-bond acceptors (Lipinski definition) is 6. The van der Waals surface area contributed by atoms with Crippen LogP contribution in [0.15, 0.2) is 48.8 Å². The second-order valence-corrected chi connectivity index (χ2v) is 12.3. The quantitative estimate of drug-likeness (QED) is 0.302. The summed E-state index contributed by atoms with van der Waals surface area (Å²) in [5, 5.41) is 19.0. The minimum absolute atomic E-state index is 0.121. The van der Waals surface area contributed by atoms with Gasteiger partial charge in [0.2, 0.25) is 0 Å². The van der Waals surface area contributed by atoms with Crippen LogP contribution in [0.4, 0.5) is 0 Å². The number of carbonyl (C=O) groups is 1. The van der Waals surface area contributed by atoms with Crippen molar-refractivity contribution < 1.29 is 14.6 Å². The average molecular weight is 554 g/mol. The summed E-state index contributed by atoms with van der Waals surface area (Å²) in [4.78, 5) is 19.7. The Bertz CT molecular complexity index is 1610. The molecular weight excluding hydrogens is 514 g/mol. The first-order valence-corrected chi connectivity index (χ1v) is 14.7. The normalized spacial score (nSPS) is 19.8. The van der Waals surface area contributed by atoms with Crippen molar-refractivity contribution >= 4 is 17.0 Å². The Hall–Kier alpha value is -3.78. The van der Waals surface area contributed by atoms with Crippen LogP contribution < -0.4 is 4.74 Å². The van der Waals surface area contributed by atoms with Gasteiger partial charge in [-0.1, -0.05) is 42.8 Å². The van der Waals surface area contributed by atoms with Crippen LogP contribution in [0, 0.1) is 12.3 Å². The maximum Gasteiger partial charge on any atom is 0.310 e. The monoisotopic (exact) mass is 553 g/mol. The van der Waals surface area contributed by atoms with Crippen LogP contribution in [0.25, 0.3) is 11.0 Å². The third-order valence-corrected chi connectivity index (χ3v) is 9.23. The molecule has 214 valence electrons. The fourth-order valence-corrected chi connectivity index (χ4v) is 6.95. The number of rotatable bonds is 7. The van der Waals surface area contributed by atoms with Gasteiger partial charge in [-0.25, -0.2) is 4.68 Å². The van der Waals surface area contributed by atoms with Crippen LogP contribution in [0.1, 0.15) is 85.4 Å². The van der Waals surface area contributed by atoms with E-state index in [1.807, 2.05) is 46.1 Å². The summed E-state index contributed by atoms with van der Waals surface area (Å²) in [5.41, 5.74) is 7.44. The molecule has 41 heavy (non-hydrogen) atoms. The molecular formula is C33H39N5O3. The zero-order valence-electron chi connectivity index (χ0n) is 24.6. The molecule has 6 rings (SSSR count). The molecule has 0 fully saturated rings. The Balaban J connectivity index is 1.43. The molecule has 0 radical (unpaired) electrons. The van der Waals surface area contributed by atoms with Crippen molar-refractivity contribution in [3.8, 4) is 5.75 Å². The van der Waals surface area contributed by atoms with Crippen molar-refractivity contribution in [3.05, 3.63) is 82.2 Å². The van der Waals surface area contributed by atoms with E-state index in [2.05, 4.69) is 51.4 Å². The van der Waals surface area contributed by atoms with Crippen LogP contribution in [0.5, 0.6) is 5.75 Å². The lowest BCUT2D eigenvalue weighted by molar-refractivity contribution is -0.147. The van der Waals surface area contributed by atoms with E-state index in [4.69, 9.17) is 4.74 Å². The zero-order chi connectivity index (χ0) is 28.9. The first kappa shape index (κ1) is 27.4. The maximum absolute atomic E-state index is 12.7. The molecule has 0 bridgehead atoms. The van der Waals surface area contributed by atoms with Gasteiger partial charge in [0.1, 0.15) is 17.4 Å². The molecule has 0 amide bonds. The van der Waals surface area contributed by atoms with E-state index in [-0.39, 0.29) is 18.1 Å². The van der Waals surface area contributed by atoms with E-state index in [9.17, 15) is 9.90 Å². The number of pyridine rings is 1. The lowest BCUT2D eigenvalue weighted by Crippen LogP contribution is -2.35. The lowest BCUT2D eigenvalue weighted by Gasteiger charge is -2.34. The SMILES string of the molecule is CCC[C@@H]1CN(C2CCc3ccc(C(c4ccc5c(nnn5C)c4C)C(C)(C)C(=O)O)cc32)Cc2cnccc2O1. The van der Waals surface area contributed by atoms with Gasteiger partial charge in [-0.2, -0.15) is 0 Å². The Morgan fingerprint density at radius 2 is 2.02 bits per heavy atom. The molecule has 0 spiro atoms. The second-order valence-electron chi connectivity index (χ2n) is 12.3. The first-order valence-electron chi connectivity index (χ1n) is 14.7. The molecule has 4 aromatic rings. The number of aryl methyl sites for hydroxylation is 3. The summed E-state index contributed by atoms with van der Waals surface area (Å²) in [6.45, 7) is 9.53. The third kappa shape index (κ3) is 4.78. The molecule has 0 saturated carbocycles. The Labute approximate surface area is 241 Å². The fourth-order valence-electron chi connectivity index (χ4n) is 6.95. The van der Waals surface area contributed by atoms with Gasteiger partial charge in [0, 0.05) is 50.1 Å². The summed E-state index contributed by atoms with van der Waals surface area (Å²) in [5.74, 6) is -0.247. The van der Waals surface area contributed by atoms with Crippen LogP contribution >= 0.6 is 0 Å². The Kier molecular flexibility index (Phi) is 7.06. The van der Waals surface area contributed by atoms with Crippen molar-refractivity contribution in [1.29, 1.82) is 0 Å². The van der Waals surface area contributed by atoms with Gasteiger partial charge in [0.25, 0.3) is 0 Å². The van der Waals surface area contributed by atoms with Gasteiger partial charge in [-0.05, 0) is 80.0 Å². The highest BCUT2D eigenvalue weighted by atomic mass is 16.5. The van der Waals surface area contributed by atoms with E-state index >= 15 is 0 Å². The molecule has 2 aromatic carbocycles. The number of aliphatic carboxylic acids is 1. The van der Waals surface area contributed by atoms with Gasteiger partial charge < -0.3 is 9.84 Å². The Morgan fingerprint density at radius 1 is 1.20 bits per heavy atom. The molecule has 2 aromatic heterocycles. The maximum atomic E-state index is 12.7. The van der Waals surface area contributed by atoms with Crippen molar-refractivity contribution in [2.24, 2.45) is 12.5 Å². The number of aromatic nitrogens is 4. The predicted molar refractivity (Wildman–Crippen MR) is 158 cm³/mol. The van der Waals surface area contributed by atoms with Crippen LogP contribution in [-0.4, -0.2) is 48.6 Å². The number of benzene rings is 2. The third-order valence-electron chi connectivity index (χ3n) is 9.23. The van der Waals surface area contributed by atoms with Gasteiger partial charge in [-0.3, -0.25) is 14.7 Å². The molecule has 8 nitrogen and oxygen atoms in total. The summed E-state index contributed by atoms with van der Waals surface area (Å²) in [6.07, 6.45) is 7.95. The highest BCUT2D eigenvalue weighted by Crippen LogP contribution is 2.46. The molecule has 2 aliphatic rings. The molecule has 1 aliphatic carbocycles. The molecule has 0 saturated heterocycles. The summed E-state index contributed by atoms with van der Waals surface area (Å²) >= 11 is 0. The molecule has 1 N–H and O–H groups in total. The lowest BCUT2D eigenvalue weighted by atomic mass is 9.69. The predicted octanol–water partition coefficient (Wildman–Crippen LogP) is 5.97. The van der Waals surface area contributed by atoms with Crippen molar-refractivity contribution in [1.82, 2.24) is 24.9 Å². The minimum Gasteiger partial charge on any atom is -0.489 e. The van der Waals surface area contributed by atoms with Crippen LogP contribution in [-0.2, 0) is 24.8 Å². The van der Waals surface area contributed by atoms with E-state index in [1.165, 1.54) is 11.1 Å². The molecule has 1 aliphatic heterocycles. The van der Waals surface area contributed by atoms with Crippen LogP contribution in [0.2, 0.25) is 0 Å². The van der Waals surface area contributed by atoms with Crippen LogP contribution in [0.3, 0.4) is 0 Å². The molecule has 3 heterocycles. The molecule has 2 unspecified atom stereocenters. The van der Waals surface area contributed by atoms with Crippen molar-refractivity contribution in [2.45, 2.75) is 78.0 Å². The highest BCUT2D eigenvalue weighted by Gasteiger charge is 2.41. The van der Waals surface area contributed by atoms with E-state index in [1.54, 1.807) is 10.9 Å². The van der Waals surface area contributed by atoms with Gasteiger partial charge in [0.05, 0.1) is 10.9 Å². The van der Waals surface area contributed by atoms with Crippen molar-refractivity contribution in [2.75, 3.05) is 6.54 Å². The molecule has 8 heteroatoms. The highest BCUT2D eigenvalue weighted by molar-refractivity contribution is 5.81. The standard InChI is InChI=1S/C33H39N5O3/c1-6-7-24-19-38(18-23-17-34-15-14-29(23)41-24)27-12-10-21-8-9-22(16-26(21)27)30(33(3,4)32(39)40)25-11-13-28-31(20(25)2)35-36-37(28)5/h8-9,11,13-17,24,27,30H,6-7,10,12,18-19H2,1-5H3,(H,39,40)/t24-,27?,30?/m1/s1. The summed E-state index contributed by atoms with van der Waals surface area (Å²) in [7, 11) is 1.88. The minimum atomic E-state index is -1.05.